The molecule has 0 aromatic heterocycles. The first-order chi connectivity index (χ1) is 13.8. The lowest BCUT2D eigenvalue weighted by Crippen LogP contribution is -2.57. The van der Waals surface area contributed by atoms with Crippen LogP contribution in [0.1, 0.15) is 25.7 Å². The summed E-state index contributed by atoms with van der Waals surface area (Å²) in [4.78, 5) is 34.7. The van der Waals surface area contributed by atoms with Crippen LogP contribution < -0.4 is 0 Å². The Kier molecular flexibility index (Phi) is 10.7. The van der Waals surface area contributed by atoms with E-state index in [1.54, 1.807) is 0 Å². The number of rotatable bonds is 11. The summed E-state index contributed by atoms with van der Waals surface area (Å²) in [5.74, 6) is -3.38. The zero-order chi connectivity index (χ0) is 21.7. The number of aliphatic hydroxyl groups excluding tert-OH is 1. The van der Waals surface area contributed by atoms with E-state index < -0.39 is 43.1 Å². The average molecular weight is 418 g/mol. The molecular formula is C18H26O11. The minimum absolute atomic E-state index is 0.0459. The van der Waals surface area contributed by atoms with Gasteiger partial charge in [0.05, 0.1) is 6.61 Å². The molecular weight excluding hydrogens is 392 g/mol. The standard InChI is InChI=1S/C18H26O11/c1-3-9-25-16(21)27-12-11-24-15(20)18(23,29-17(22)26-10-4-2)13-7-5-6-8-14(19)28-13/h3-4,13,15,20,23H,1-2,5-12H2. The lowest BCUT2D eigenvalue weighted by atomic mass is 10.0. The Labute approximate surface area is 167 Å². The second-order valence-electron chi connectivity index (χ2n) is 5.85. The molecule has 0 radical (unpaired) electrons. The fourth-order valence-electron chi connectivity index (χ4n) is 2.30. The SMILES string of the molecule is C=CCOC(=O)OCCOC(O)C(O)(OC(=O)OCC=C)C1CCCCC(=O)O1. The normalized spacial score (nSPS) is 19.5. The molecule has 0 aliphatic carbocycles. The maximum atomic E-state index is 11.8. The molecule has 0 amide bonds. The third kappa shape index (κ3) is 8.50. The second kappa shape index (κ2) is 12.8. The van der Waals surface area contributed by atoms with Crippen LogP contribution in [-0.4, -0.2) is 73.1 Å². The van der Waals surface area contributed by atoms with Crippen molar-refractivity contribution in [2.75, 3.05) is 26.4 Å². The summed E-state index contributed by atoms with van der Waals surface area (Å²) in [5, 5.41) is 21.1. The van der Waals surface area contributed by atoms with Gasteiger partial charge in [-0.15, -0.1) is 0 Å². The molecule has 0 bridgehead atoms. The van der Waals surface area contributed by atoms with Gasteiger partial charge in [0.2, 0.25) is 6.29 Å². The fourth-order valence-corrected chi connectivity index (χ4v) is 2.30. The van der Waals surface area contributed by atoms with Gasteiger partial charge in [-0.2, -0.15) is 0 Å². The molecule has 164 valence electrons. The number of hydrogen-bond acceptors (Lipinski definition) is 11. The Morgan fingerprint density at radius 2 is 1.79 bits per heavy atom. The topological polar surface area (TPSA) is 147 Å². The fraction of sp³-hybridized carbons (Fsp3) is 0.611. The van der Waals surface area contributed by atoms with Gasteiger partial charge in [-0.25, -0.2) is 9.59 Å². The van der Waals surface area contributed by atoms with Crippen LogP contribution in [0.4, 0.5) is 9.59 Å². The molecule has 2 N–H and O–H groups in total. The van der Waals surface area contributed by atoms with Crippen molar-refractivity contribution in [2.24, 2.45) is 0 Å². The van der Waals surface area contributed by atoms with Crippen LogP contribution in [0.2, 0.25) is 0 Å². The predicted octanol–water partition coefficient (Wildman–Crippen LogP) is 1.17. The minimum atomic E-state index is -2.75. The number of carbonyl (C=O) groups is 3. The Balaban J connectivity index is 2.73. The van der Waals surface area contributed by atoms with E-state index in [1.165, 1.54) is 12.2 Å². The number of ether oxygens (including phenoxy) is 6. The summed E-state index contributed by atoms with van der Waals surface area (Å²) >= 11 is 0. The van der Waals surface area contributed by atoms with Crippen molar-refractivity contribution in [3.63, 3.8) is 0 Å². The lowest BCUT2D eigenvalue weighted by Gasteiger charge is -2.36. The van der Waals surface area contributed by atoms with Gasteiger partial charge in [-0.3, -0.25) is 4.79 Å². The summed E-state index contributed by atoms with van der Waals surface area (Å²) in [5.41, 5.74) is 0. The summed E-state index contributed by atoms with van der Waals surface area (Å²) in [6.45, 7) is 5.74. The van der Waals surface area contributed by atoms with E-state index in [1.807, 2.05) is 0 Å². The van der Waals surface area contributed by atoms with E-state index >= 15 is 0 Å². The Hall–Kier alpha value is -2.63. The van der Waals surface area contributed by atoms with Gasteiger partial charge in [-0.1, -0.05) is 25.3 Å². The molecule has 1 aliphatic heterocycles. The minimum Gasteiger partial charge on any atom is -0.455 e. The largest absolute Gasteiger partial charge is 0.511 e. The first kappa shape index (κ1) is 24.4. The molecule has 11 heteroatoms. The summed E-state index contributed by atoms with van der Waals surface area (Å²) in [6.07, 6.45) is -2.06. The maximum Gasteiger partial charge on any atom is 0.511 e. The zero-order valence-corrected chi connectivity index (χ0v) is 15.9. The van der Waals surface area contributed by atoms with E-state index in [4.69, 9.17) is 14.2 Å². The Bertz CT molecular complexity index is 576. The predicted molar refractivity (Wildman–Crippen MR) is 95.4 cm³/mol. The van der Waals surface area contributed by atoms with Gasteiger partial charge in [0.25, 0.3) is 0 Å². The van der Waals surface area contributed by atoms with Gasteiger partial charge in [0, 0.05) is 6.42 Å². The van der Waals surface area contributed by atoms with Crippen molar-refractivity contribution in [3.05, 3.63) is 25.3 Å². The van der Waals surface area contributed by atoms with Gasteiger partial charge >= 0.3 is 24.1 Å². The van der Waals surface area contributed by atoms with Crippen LogP contribution >= 0.6 is 0 Å². The van der Waals surface area contributed by atoms with Crippen molar-refractivity contribution in [2.45, 2.75) is 43.9 Å². The van der Waals surface area contributed by atoms with E-state index in [0.717, 1.165) is 0 Å². The summed E-state index contributed by atoms with van der Waals surface area (Å²) in [7, 11) is 0. The van der Waals surface area contributed by atoms with E-state index in [0.29, 0.717) is 12.8 Å². The second-order valence-corrected chi connectivity index (χ2v) is 5.85. The monoisotopic (exact) mass is 418 g/mol. The van der Waals surface area contributed by atoms with E-state index in [-0.39, 0.29) is 32.7 Å². The molecule has 1 aliphatic rings. The molecule has 1 heterocycles. The molecule has 3 unspecified atom stereocenters. The molecule has 3 atom stereocenters. The van der Waals surface area contributed by atoms with Crippen LogP contribution in [0.3, 0.4) is 0 Å². The smallest absolute Gasteiger partial charge is 0.455 e. The number of carbonyl (C=O) groups excluding carboxylic acids is 3. The third-order valence-corrected chi connectivity index (χ3v) is 3.65. The molecule has 29 heavy (non-hydrogen) atoms. The first-order valence-electron chi connectivity index (χ1n) is 8.92. The third-order valence-electron chi connectivity index (χ3n) is 3.65. The lowest BCUT2D eigenvalue weighted by molar-refractivity contribution is -0.340. The molecule has 1 fully saturated rings. The van der Waals surface area contributed by atoms with Gasteiger partial charge < -0.3 is 38.6 Å². The van der Waals surface area contributed by atoms with Crippen LogP contribution in [-0.2, 0) is 33.2 Å². The molecule has 0 spiro atoms. The highest BCUT2D eigenvalue weighted by Gasteiger charge is 2.51. The number of hydrogen-bond donors (Lipinski definition) is 2. The zero-order valence-electron chi connectivity index (χ0n) is 15.9. The molecule has 0 aromatic carbocycles. The highest BCUT2D eigenvalue weighted by Crippen LogP contribution is 2.29. The molecule has 1 saturated heterocycles. The highest BCUT2D eigenvalue weighted by molar-refractivity contribution is 5.70. The van der Waals surface area contributed by atoms with E-state index in [2.05, 4.69) is 27.4 Å². The molecule has 0 saturated carbocycles. The quantitative estimate of drug-likeness (QED) is 0.164. The molecule has 11 nitrogen and oxygen atoms in total. The van der Waals surface area contributed by atoms with Crippen LogP contribution in [0.25, 0.3) is 0 Å². The number of cyclic esters (lactones) is 1. The first-order valence-corrected chi connectivity index (χ1v) is 8.92. The van der Waals surface area contributed by atoms with E-state index in [9.17, 15) is 24.6 Å². The highest BCUT2D eigenvalue weighted by atomic mass is 16.8. The van der Waals surface area contributed by atoms with Gasteiger partial charge in [0.1, 0.15) is 19.8 Å². The molecule has 0 aromatic rings. The Morgan fingerprint density at radius 3 is 2.45 bits per heavy atom. The number of aliphatic hydroxyl groups is 2. The maximum absolute atomic E-state index is 11.8. The van der Waals surface area contributed by atoms with Gasteiger partial charge in [0.15, 0.2) is 6.10 Å². The summed E-state index contributed by atoms with van der Waals surface area (Å²) < 4.78 is 28.8. The van der Waals surface area contributed by atoms with Crippen LogP contribution in [0.5, 0.6) is 0 Å². The van der Waals surface area contributed by atoms with Gasteiger partial charge in [-0.05, 0) is 19.3 Å². The molecule has 1 rings (SSSR count). The van der Waals surface area contributed by atoms with Crippen LogP contribution in [0.15, 0.2) is 25.3 Å². The van der Waals surface area contributed by atoms with Crippen molar-refractivity contribution in [1.82, 2.24) is 0 Å². The summed E-state index contributed by atoms with van der Waals surface area (Å²) in [6, 6.07) is 0. The van der Waals surface area contributed by atoms with Crippen molar-refractivity contribution in [3.8, 4) is 0 Å². The number of esters is 1. The van der Waals surface area contributed by atoms with Crippen molar-refractivity contribution in [1.29, 1.82) is 0 Å². The Morgan fingerprint density at radius 1 is 1.14 bits per heavy atom. The van der Waals surface area contributed by atoms with Crippen molar-refractivity contribution < 1.29 is 53.0 Å². The van der Waals surface area contributed by atoms with Crippen molar-refractivity contribution >= 4 is 18.3 Å². The average Bonchev–Trinajstić information content (AvgIpc) is 2.92. The van der Waals surface area contributed by atoms with Crippen LogP contribution in [0, 0.1) is 0 Å².